The van der Waals surface area contributed by atoms with E-state index in [9.17, 15) is 9.59 Å². The van der Waals surface area contributed by atoms with Crippen LogP contribution in [-0.2, 0) is 4.79 Å². The zero-order valence-electron chi connectivity index (χ0n) is 10.4. The van der Waals surface area contributed by atoms with Gasteiger partial charge in [0.05, 0.1) is 11.4 Å². The summed E-state index contributed by atoms with van der Waals surface area (Å²) in [6.45, 7) is 1.42. The Morgan fingerprint density at radius 1 is 1.10 bits per heavy atom. The minimum atomic E-state index is -0.225. The lowest BCUT2D eigenvalue weighted by Crippen LogP contribution is -2.14. The minimum Gasteiger partial charge on any atom is -0.325 e. The molecule has 0 saturated carbocycles. The van der Waals surface area contributed by atoms with Crippen molar-refractivity contribution in [1.82, 2.24) is 0 Å². The molecule has 1 aromatic carbocycles. The molecule has 0 saturated heterocycles. The monoisotopic (exact) mass is 416 g/mol. The Balaban J connectivity index is 2.28. The summed E-state index contributed by atoms with van der Waals surface area (Å²) in [5.41, 5.74) is 1.10. The van der Waals surface area contributed by atoms with Crippen molar-refractivity contribution in [3.05, 3.63) is 43.5 Å². The van der Waals surface area contributed by atoms with Crippen LogP contribution in [0.15, 0.2) is 38.6 Å². The molecular formula is C13H10Br2N2O2S. The largest absolute Gasteiger partial charge is 0.325 e. The maximum absolute atomic E-state index is 12.2. The molecule has 2 rings (SSSR count). The number of carbonyl (C=O) groups is 2. The Morgan fingerprint density at radius 3 is 2.45 bits per heavy atom. The van der Waals surface area contributed by atoms with Gasteiger partial charge in [-0.05, 0) is 45.6 Å². The van der Waals surface area contributed by atoms with Crippen LogP contribution in [0.2, 0.25) is 0 Å². The summed E-state index contributed by atoms with van der Waals surface area (Å²) in [4.78, 5) is 23.9. The molecule has 2 aromatic rings. The van der Waals surface area contributed by atoms with Gasteiger partial charge in [-0.15, -0.1) is 11.3 Å². The molecular weight excluding hydrogens is 408 g/mol. The van der Waals surface area contributed by atoms with Gasteiger partial charge in [-0.25, -0.2) is 0 Å². The van der Waals surface area contributed by atoms with Gasteiger partial charge < -0.3 is 10.6 Å². The lowest BCUT2D eigenvalue weighted by atomic mass is 10.2. The van der Waals surface area contributed by atoms with Crippen LogP contribution in [0.25, 0.3) is 0 Å². The van der Waals surface area contributed by atoms with Crippen molar-refractivity contribution in [2.75, 3.05) is 10.6 Å². The van der Waals surface area contributed by atoms with Gasteiger partial charge in [-0.3, -0.25) is 9.59 Å². The van der Waals surface area contributed by atoms with E-state index in [1.54, 1.807) is 18.2 Å². The predicted molar refractivity (Wildman–Crippen MR) is 88.4 cm³/mol. The van der Waals surface area contributed by atoms with E-state index in [1.165, 1.54) is 18.3 Å². The number of carbonyl (C=O) groups excluding carboxylic acids is 2. The number of hydrogen-bond acceptors (Lipinski definition) is 3. The molecule has 0 unspecified atom stereocenters. The zero-order chi connectivity index (χ0) is 14.7. The lowest BCUT2D eigenvalue weighted by molar-refractivity contribution is -0.114. The molecule has 1 aromatic heterocycles. The van der Waals surface area contributed by atoms with E-state index in [4.69, 9.17) is 0 Å². The Bertz CT molecular complexity index is 670. The van der Waals surface area contributed by atoms with Crippen LogP contribution >= 0.6 is 43.2 Å². The first-order valence-electron chi connectivity index (χ1n) is 5.59. The van der Waals surface area contributed by atoms with Gasteiger partial charge in [0.25, 0.3) is 5.91 Å². The number of rotatable bonds is 3. The smallest absolute Gasteiger partial charge is 0.266 e. The molecule has 0 aliphatic rings. The Labute approximate surface area is 136 Å². The van der Waals surface area contributed by atoms with Gasteiger partial charge in [0, 0.05) is 15.9 Å². The van der Waals surface area contributed by atoms with Crippen LogP contribution in [0, 0.1) is 0 Å². The van der Waals surface area contributed by atoms with Crippen molar-refractivity contribution in [3.63, 3.8) is 0 Å². The minimum absolute atomic E-state index is 0.194. The normalized spacial score (nSPS) is 10.2. The number of nitrogens with one attached hydrogen (secondary N) is 2. The van der Waals surface area contributed by atoms with E-state index < -0.39 is 0 Å². The topological polar surface area (TPSA) is 58.2 Å². The molecule has 1 heterocycles. The highest BCUT2D eigenvalue weighted by Gasteiger charge is 2.14. The fraction of sp³-hybridized carbons (Fsp3) is 0.0769. The van der Waals surface area contributed by atoms with E-state index in [0.29, 0.717) is 16.3 Å². The fourth-order valence-corrected chi connectivity index (χ4v) is 3.36. The molecule has 20 heavy (non-hydrogen) atoms. The number of halogens is 2. The Kier molecular flexibility index (Phi) is 4.95. The average molecular weight is 418 g/mol. The molecule has 7 heteroatoms. The lowest BCUT2D eigenvalue weighted by Gasteiger charge is -2.11. The van der Waals surface area contributed by atoms with Crippen LogP contribution in [0.3, 0.4) is 0 Å². The number of amides is 2. The van der Waals surface area contributed by atoms with Crippen LogP contribution in [0.1, 0.15) is 16.6 Å². The van der Waals surface area contributed by atoms with Gasteiger partial charge in [-0.2, -0.15) is 0 Å². The first kappa shape index (κ1) is 15.2. The molecule has 0 aliphatic carbocycles. The summed E-state index contributed by atoms with van der Waals surface area (Å²) in [6, 6.07) is 7.08. The van der Waals surface area contributed by atoms with Crippen molar-refractivity contribution in [3.8, 4) is 0 Å². The SMILES string of the molecule is CC(=O)Nc1ccc(Br)cc1NC(=O)c1sccc1Br. The van der Waals surface area contributed by atoms with Crippen molar-refractivity contribution >= 4 is 66.4 Å². The zero-order valence-corrected chi connectivity index (χ0v) is 14.4. The third-order valence-corrected chi connectivity index (χ3v) is 4.69. The van der Waals surface area contributed by atoms with Gasteiger partial charge in [0.15, 0.2) is 0 Å². The van der Waals surface area contributed by atoms with Gasteiger partial charge >= 0.3 is 0 Å². The fourth-order valence-electron chi connectivity index (χ4n) is 1.55. The van der Waals surface area contributed by atoms with Crippen molar-refractivity contribution in [2.45, 2.75) is 6.92 Å². The Hall–Kier alpha value is -1.18. The third-order valence-electron chi connectivity index (χ3n) is 2.36. The van der Waals surface area contributed by atoms with Crippen molar-refractivity contribution < 1.29 is 9.59 Å². The number of anilines is 2. The second-order valence-electron chi connectivity index (χ2n) is 3.92. The summed E-state index contributed by atoms with van der Waals surface area (Å²) in [5.74, 6) is -0.420. The molecule has 4 nitrogen and oxygen atoms in total. The Morgan fingerprint density at radius 2 is 1.85 bits per heavy atom. The summed E-state index contributed by atoms with van der Waals surface area (Å²) in [6.07, 6.45) is 0. The second kappa shape index (κ2) is 6.51. The predicted octanol–water partition coefficient (Wildman–Crippen LogP) is 4.48. The maximum Gasteiger partial charge on any atom is 0.266 e. The molecule has 0 radical (unpaired) electrons. The molecule has 2 amide bonds. The second-order valence-corrected chi connectivity index (χ2v) is 6.61. The van der Waals surface area contributed by atoms with E-state index in [2.05, 4.69) is 42.5 Å². The summed E-state index contributed by atoms with van der Waals surface area (Å²) in [5, 5.41) is 7.31. The van der Waals surface area contributed by atoms with E-state index in [0.717, 1.165) is 8.95 Å². The molecule has 0 spiro atoms. The maximum atomic E-state index is 12.2. The summed E-state index contributed by atoms with van der Waals surface area (Å²) >= 11 is 8.01. The third kappa shape index (κ3) is 3.68. The first-order chi connectivity index (χ1) is 9.47. The first-order valence-corrected chi connectivity index (χ1v) is 8.05. The van der Waals surface area contributed by atoms with Crippen LogP contribution in [0.4, 0.5) is 11.4 Å². The van der Waals surface area contributed by atoms with Gasteiger partial charge in [0.2, 0.25) is 5.91 Å². The highest BCUT2D eigenvalue weighted by molar-refractivity contribution is 9.10. The number of hydrogen-bond donors (Lipinski definition) is 2. The van der Waals surface area contributed by atoms with Crippen LogP contribution in [-0.4, -0.2) is 11.8 Å². The summed E-state index contributed by atoms with van der Waals surface area (Å²) < 4.78 is 1.56. The molecule has 104 valence electrons. The number of thiophene rings is 1. The highest BCUT2D eigenvalue weighted by Crippen LogP contribution is 2.29. The summed E-state index contributed by atoms with van der Waals surface area (Å²) in [7, 11) is 0. The van der Waals surface area contributed by atoms with Crippen molar-refractivity contribution in [1.29, 1.82) is 0 Å². The van der Waals surface area contributed by atoms with E-state index in [-0.39, 0.29) is 11.8 Å². The number of benzene rings is 1. The van der Waals surface area contributed by atoms with Gasteiger partial charge in [0.1, 0.15) is 4.88 Å². The van der Waals surface area contributed by atoms with Gasteiger partial charge in [-0.1, -0.05) is 15.9 Å². The average Bonchev–Trinajstić information content (AvgIpc) is 2.78. The quantitative estimate of drug-likeness (QED) is 0.773. The standard InChI is InChI=1S/C13H10Br2N2O2S/c1-7(18)16-10-3-2-8(14)6-11(10)17-13(19)12-9(15)4-5-20-12/h2-6H,1H3,(H,16,18)(H,17,19). The molecule has 0 atom stereocenters. The van der Waals surface area contributed by atoms with E-state index >= 15 is 0 Å². The highest BCUT2D eigenvalue weighted by atomic mass is 79.9. The molecule has 0 aliphatic heterocycles. The van der Waals surface area contributed by atoms with E-state index in [1.807, 2.05) is 11.4 Å². The molecule has 0 bridgehead atoms. The van der Waals surface area contributed by atoms with Crippen molar-refractivity contribution in [2.24, 2.45) is 0 Å². The van der Waals surface area contributed by atoms with Crippen LogP contribution < -0.4 is 10.6 Å². The molecule has 2 N–H and O–H groups in total. The molecule has 0 fully saturated rings. The van der Waals surface area contributed by atoms with Crippen LogP contribution in [0.5, 0.6) is 0 Å².